The van der Waals surface area contributed by atoms with E-state index in [0.29, 0.717) is 47.2 Å². The minimum atomic E-state index is 0.0265. The van der Waals surface area contributed by atoms with Gasteiger partial charge in [-0.15, -0.1) is 0 Å². The molecule has 3 saturated carbocycles. The second-order valence-electron chi connectivity index (χ2n) is 11.7. The fourth-order valence-corrected chi connectivity index (χ4v) is 8.26. The lowest BCUT2D eigenvalue weighted by Crippen LogP contribution is -2.59. The zero-order valence-corrected chi connectivity index (χ0v) is 20.8. The monoisotopic (exact) mass is 460 g/mol. The number of nitriles is 1. The minimum Gasteiger partial charge on any atom is -0.349 e. The van der Waals surface area contributed by atoms with Crippen LogP contribution in [0.3, 0.4) is 0 Å². The molecule has 3 aliphatic carbocycles. The number of amides is 2. The van der Waals surface area contributed by atoms with Gasteiger partial charge < -0.3 is 10.6 Å². The summed E-state index contributed by atoms with van der Waals surface area (Å²) in [5, 5.41) is 15.5. The third-order valence-electron chi connectivity index (χ3n) is 10.1. The van der Waals surface area contributed by atoms with E-state index in [0.717, 1.165) is 24.8 Å². The number of hydrogen-bond donors (Lipinski definition) is 2. The van der Waals surface area contributed by atoms with E-state index in [4.69, 9.17) is 0 Å². The van der Waals surface area contributed by atoms with Gasteiger partial charge in [-0.3, -0.25) is 9.59 Å². The van der Waals surface area contributed by atoms with Crippen LogP contribution in [0.5, 0.6) is 0 Å². The molecule has 7 atom stereocenters. The maximum absolute atomic E-state index is 13.0. The fourth-order valence-electron chi connectivity index (χ4n) is 8.26. The summed E-state index contributed by atoms with van der Waals surface area (Å²) < 4.78 is 0. The Balaban J connectivity index is 1.29. The van der Waals surface area contributed by atoms with E-state index < -0.39 is 0 Å². The molecule has 0 aromatic carbocycles. The highest BCUT2D eigenvalue weighted by molar-refractivity contribution is 5.90. The number of rotatable bonds is 3. The fraction of sp³-hybridized carbons (Fsp3) is 0.643. The first kappa shape index (κ1) is 23.1. The van der Waals surface area contributed by atoms with E-state index >= 15 is 0 Å². The van der Waals surface area contributed by atoms with Crippen molar-refractivity contribution < 1.29 is 9.59 Å². The third-order valence-corrected chi connectivity index (χ3v) is 10.1. The molecular weight excluding hydrogens is 424 g/mol. The number of fused-ring (bicyclic) bond motifs is 5. The summed E-state index contributed by atoms with van der Waals surface area (Å²) in [5.74, 6) is 2.91. The number of pyridine rings is 1. The van der Waals surface area contributed by atoms with E-state index in [-0.39, 0.29) is 28.7 Å². The molecule has 6 heteroatoms. The number of carbonyl (C=O) groups is 2. The first-order valence-electron chi connectivity index (χ1n) is 12.8. The Morgan fingerprint density at radius 3 is 2.74 bits per heavy atom. The number of anilines is 1. The Bertz CT molecular complexity index is 1080. The number of aryl methyl sites for hydroxylation is 2. The lowest BCUT2D eigenvalue weighted by Gasteiger charge is -2.59. The molecule has 1 aromatic rings. The number of hydrogen-bond acceptors (Lipinski definition) is 4. The zero-order chi connectivity index (χ0) is 24.3. The molecular formula is C28H36N4O2. The van der Waals surface area contributed by atoms with Crippen LogP contribution in [0.1, 0.15) is 75.6 Å². The van der Waals surface area contributed by atoms with Crippen LogP contribution in [0.2, 0.25) is 0 Å². The molecule has 4 aliphatic rings. The summed E-state index contributed by atoms with van der Waals surface area (Å²) in [6, 6.07) is 4.23. The van der Waals surface area contributed by atoms with Gasteiger partial charge in [0.2, 0.25) is 11.8 Å². The average molecular weight is 461 g/mol. The van der Waals surface area contributed by atoms with Crippen LogP contribution in [-0.2, 0) is 9.59 Å². The van der Waals surface area contributed by atoms with Gasteiger partial charge in [-0.1, -0.05) is 19.9 Å². The van der Waals surface area contributed by atoms with E-state index in [9.17, 15) is 14.9 Å². The molecule has 5 rings (SSSR count). The third kappa shape index (κ3) is 3.56. The molecule has 1 aromatic heterocycles. The molecule has 3 fully saturated rings. The second kappa shape index (κ2) is 8.22. The molecule has 2 heterocycles. The van der Waals surface area contributed by atoms with E-state index in [1.54, 1.807) is 12.1 Å². The van der Waals surface area contributed by atoms with Crippen molar-refractivity contribution in [3.05, 3.63) is 35.0 Å². The van der Waals surface area contributed by atoms with Gasteiger partial charge in [-0.2, -0.15) is 5.26 Å². The quantitative estimate of drug-likeness (QED) is 0.677. The van der Waals surface area contributed by atoms with Crippen molar-refractivity contribution in [1.29, 1.82) is 5.26 Å². The first-order valence-corrected chi connectivity index (χ1v) is 12.8. The van der Waals surface area contributed by atoms with E-state index in [1.807, 2.05) is 13.8 Å². The molecule has 1 aliphatic heterocycles. The van der Waals surface area contributed by atoms with Gasteiger partial charge in [0.05, 0.1) is 11.3 Å². The molecule has 34 heavy (non-hydrogen) atoms. The number of aromatic nitrogens is 1. The van der Waals surface area contributed by atoms with Gasteiger partial charge in [0.15, 0.2) is 0 Å². The number of carbonyl (C=O) groups excluding carboxylic acids is 2. The predicted molar refractivity (Wildman–Crippen MR) is 131 cm³/mol. The lowest BCUT2D eigenvalue weighted by atomic mass is 9.48. The van der Waals surface area contributed by atoms with E-state index in [2.05, 4.69) is 41.6 Å². The van der Waals surface area contributed by atoms with Crippen molar-refractivity contribution in [2.24, 2.45) is 34.5 Å². The summed E-state index contributed by atoms with van der Waals surface area (Å²) in [4.78, 5) is 29.4. The average Bonchev–Trinajstić information content (AvgIpc) is 3.10. The predicted octanol–water partition coefficient (Wildman–Crippen LogP) is 4.81. The summed E-state index contributed by atoms with van der Waals surface area (Å²) in [6.45, 7) is 8.47. The van der Waals surface area contributed by atoms with Gasteiger partial charge in [-0.25, -0.2) is 4.98 Å². The first-order chi connectivity index (χ1) is 16.2. The highest BCUT2D eigenvalue weighted by Gasteiger charge is 2.59. The SMILES string of the molecule is Cc1cc(NC(=O)C[C@H]2CC[C@H]3[C@@H]4CC[C@H]5NC(=O)C=C[C@]5(C)[C@H]4CC[C@]23C)nc(C)c1C#N. The zero-order valence-electron chi connectivity index (χ0n) is 20.8. The van der Waals surface area contributed by atoms with Crippen LogP contribution >= 0.6 is 0 Å². The standard InChI is InChI=1S/C28H36N4O2/c1-16-13-24(30-17(2)20(16)15-29)32-26(34)14-18-5-7-21-19-6-8-23-28(4,12-10-25(33)31-23)22(19)9-11-27(18,21)3/h10,12-13,18-19,21-23H,5-9,11,14H2,1-4H3,(H,31,33)(H,30,32,34)/t18-,19+,21+,22+,23-,27-,28-/m1/s1. The van der Waals surface area contributed by atoms with Gasteiger partial charge >= 0.3 is 0 Å². The van der Waals surface area contributed by atoms with Crippen molar-refractivity contribution in [3.63, 3.8) is 0 Å². The van der Waals surface area contributed by atoms with Crippen LogP contribution in [-0.4, -0.2) is 22.8 Å². The van der Waals surface area contributed by atoms with E-state index in [1.165, 1.54) is 19.3 Å². The van der Waals surface area contributed by atoms with Gasteiger partial charge in [0.1, 0.15) is 11.9 Å². The second-order valence-corrected chi connectivity index (χ2v) is 11.7. The normalized spacial score (nSPS) is 38.2. The van der Waals surface area contributed by atoms with Crippen LogP contribution in [0.15, 0.2) is 18.2 Å². The molecule has 0 saturated heterocycles. The summed E-state index contributed by atoms with van der Waals surface area (Å²) in [5.41, 5.74) is 2.31. The highest BCUT2D eigenvalue weighted by Crippen LogP contribution is 2.65. The number of nitrogens with one attached hydrogen (secondary N) is 2. The van der Waals surface area contributed by atoms with Crippen LogP contribution in [0, 0.1) is 59.7 Å². The highest BCUT2D eigenvalue weighted by atomic mass is 16.2. The van der Waals surface area contributed by atoms with Crippen molar-refractivity contribution in [1.82, 2.24) is 10.3 Å². The van der Waals surface area contributed by atoms with Gasteiger partial charge in [0, 0.05) is 17.9 Å². The smallest absolute Gasteiger partial charge is 0.243 e. The summed E-state index contributed by atoms with van der Waals surface area (Å²) >= 11 is 0. The summed E-state index contributed by atoms with van der Waals surface area (Å²) in [6.07, 6.45) is 11.3. The largest absolute Gasteiger partial charge is 0.349 e. The van der Waals surface area contributed by atoms with Crippen molar-refractivity contribution in [3.8, 4) is 6.07 Å². The molecule has 0 radical (unpaired) electrons. The summed E-state index contributed by atoms with van der Waals surface area (Å²) in [7, 11) is 0. The van der Waals surface area contributed by atoms with Gasteiger partial charge in [-0.05, 0) is 99.2 Å². The van der Waals surface area contributed by atoms with Crippen LogP contribution < -0.4 is 10.6 Å². The van der Waals surface area contributed by atoms with Crippen molar-refractivity contribution in [2.45, 2.75) is 78.7 Å². The van der Waals surface area contributed by atoms with Crippen molar-refractivity contribution in [2.75, 3.05) is 5.32 Å². The van der Waals surface area contributed by atoms with Crippen LogP contribution in [0.4, 0.5) is 5.82 Å². The lowest BCUT2D eigenvalue weighted by molar-refractivity contribution is -0.123. The Labute approximate surface area is 202 Å². The molecule has 180 valence electrons. The van der Waals surface area contributed by atoms with Gasteiger partial charge in [0.25, 0.3) is 0 Å². The molecule has 2 amide bonds. The Morgan fingerprint density at radius 1 is 1.21 bits per heavy atom. The number of nitrogens with zero attached hydrogens (tertiary/aromatic N) is 2. The Kier molecular flexibility index (Phi) is 5.58. The molecule has 2 N–H and O–H groups in total. The molecule has 0 bridgehead atoms. The minimum absolute atomic E-state index is 0.0265. The Morgan fingerprint density at radius 2 is 2.00 bits per heavy atom. The maximum Gasteiger partial charge on any atom is 0.243 e. The molecule has 6 nitrogen and oxygen atoms in total. The van der Waals surface area contributed by atoms with Crippen LogP contribution in [0.25, 0.3) is 0 Å². The molecule has 0 unspecified atom stereocenters. The topological polar surface area (TPSA) is 94.9 Å². The molecule has 0 spiro atoms. The van der Waals surface area contributed by atoms with Crippen molar-refractivity contribution >= 4 is 17.6 Å². The maximum atomic E-state index is 13.0. The Hall–Kier alpha value is -2.68.